The van der Waals surface area contributed by atoms with Crippen LogP contribution in [0.15, 0.2) is 53.6 Å². The number of carbonyl (C=O) groups is 1. The van der Waals surface area contributed by atoms with Crippen LogP contribution in [-0.2, 0) is 11.0 Å². The highest BCUT2D eigenvalue weighted by Crippen LogP contribution is 2.35. The summed E-state index contributed by atoms with van der Waals surface area (Å²) in [4.78, 5) is 12.3. The zero-order valence-electron chi connectivity index (χ0n) is 17.1. The number of aryl methyl sites for hydroxylation is 2. The van der Waals surface area contributed by atoms with Gasteiger partial charge in [-0.15, -0.1) is 10.2 Å². The number of carbonyl (C=O) groups excluding carboxylic acids is 1. The van der Waals surface area contributed by atoms with E-state index in [9.17, 15) is 18.0 Å². The van der Waals surface area contributed by atoms with Crippen molar-refractivity contribution in [3.63, 3.8) is 0 Å². The topological polar surface area (TPSA) is 64.1 Å². The summed E-state index contributed by atoms with van der Waals surface area (Å²) in [5.74, 6) is -0.386. The molecule has 0 aliphatic rings. The second-order valence-electron chi connectivity index (χ2n) is 6.81. The molecule has 1 heterocycles. The number of methoxy groups -OCH3 is 1. The van der Waals surface area contributed by atoms with E-state index in [0.717, 1.165) is 35.0 Å². The number of aromatic nitrogens is 2. The van der Waals surface area contributed by atoms with Crippen molar-refractivity contribution < 1.29 is 22.7 Å². The molecule has 0 bridgehead atoms. The molecule has 1 aromatic heterocycles. The van der Waals surface area contributed by atoms with Crippen molar-refractivity contribution in [1.82, 2.24) is 10.2 Å². The van der Waals surface area contributed by atoms with E-state index in [2.05, 4.69) is 15.5 Å². The predicted octanol–water partition coefficient (Wildman–Crippen LogP) is 5.52. The Labute approximate surface area is 182 Å². The Hall–Kier alpha value is -3.07. The number of alkyl halides is 3. The van der Waals surface area contributed by atoms with Gasteiger partial charge in [0.15, 0.2) is 0 Å². The van der Waals surface area contributed by atoms with E-state index >= 15 is 0 Å². The first kappa shape index (κ1) is 22.6. The number of rotatable bonds is 6. The van der Waals surface area contributed by atoms with E-state index in [1.807, 2.05) is 38.1 Å². The summed E-state index contributed by atoms with van der Waals surface area (Å²) < 4.78 is 43.8. The summed E-state index contributed by atoms with van der Waals surface area (Å²) in [6.45, 7) is 4.05. The van der Waals surface area contributed by atoms with E-state index < -0.39 is 17.6 Å². The molecule has 0 saturated heterocycles. The summed E-state index contributed by atoms with van der Waals surface area (Å²) in [5.41, 5.74) is 3.09. The van der Waals surface area contributed by atoms with E-state index in [1.54, 1.807) is 6.07 Å². The third kappa shape index (κ3) is 5.75. The first-order valence-electron chi connectivity index (χ1n) is 9.26. The van der Waals surface area contributed by atoms with Gasteiger partial charge in [-0.05, 0) is 61.4 Å². The fourth-order valence-electron chi connectivity index (χ4n) is 2.76. The number of nitrogens with zero attached hydrogens (tertiary/aromatic N) is 2. The molecule has 0 aliphatic heterocycles. The maximum absolute atomic E-state index is 12.9. The van der Waals surface area contributed by atoms with Gasteiger partial charge in [0, 0.05) is 5.56 Å². The lowest BCUT2D eigenvalue weighted by Crippen LogP contribution is -2.16. The van der Waals surface area contributed by atoms with Crippen LogP contribution in [-0.4, -0.2) is 29.0 Å². The van der Waals surface area contributed by atoms with Crippen molar-refractivity contribution in [1.29, 1.82) is 0 Å². The largest absolute Gasteiger partial charge is 0.495 e. The number of hydrogen-bond acceptors (Lipinski definition) is 5. The van der Waals surface area contributed by atoms with Crippen LogP contribution in [0.2, 0.25) is 0 Å². The van der Waals surface area contributed by atoms with Gasteiger partial charge in [0.1, 0.15) is 10.8 Å². The van der Waals surface area contributed by atoms with Gasteiger partial charge in [-0.2, -0.15) is 13.2 Å². The summed E-state index contributed by atoms with van der Waals surface area (Å²) in [5, 5.41) is 11.3. The maximum atomic E-state index is 12.9. The molecule has 0 fully saturated rings. The van der Waals surface area contributed by atoms with Crippen molar-refractivity contribution in [3.8, 4) is 17.0 Å². The van der Waals surface area contributed by atoms with Crippen molar-refractivity contribution in [2.24, 2.45) is 0 Å². The van der Waals surface area contributed by atoms with Crippen molar-refractivity contribution in [3.05, 3.63) is 65.2 Å². The SMILES string of the molecule is COc1ccc(C(F)(F)F)cc1NC(=O)CSc1ccc(-c2ccc(C)c(C)c2)nn1. The minimum Gasteiger partial charge on any atom is -0.495 e. The number of nitrogens with one attached hydrogen (secondary N) is 1. The van der Waals surface area contributed by atoms with Crippen LogP contribution in [0.5, 0.6) is 5.75 Å². The Morgan fingerprint density at radius 2 is 1.81 bits per heavy atom. The highest BCUT2D eigenvalue weighted by Gasteiger charge is 2.31. The average molecular weight is 447 g/mol. The lowest BCUT2D eigenvalue weighted by atomic mass is 10.0. The minimum atomic E-state index is -4.52. The molecule has 3 rings (SSSR count). The van der Waals surface area contributed by atoms with Gasteiger partial charge in [0.2, 0.25) is 5.91 Å². The molecular weight excluding hydrogens is 427 g/mol. The maximum Gasteiger partial charge on any atom is 0.416 e. The Morgan fingerprint density at radius 3 is 2.42 bits per heavy atom. The zero-order chi connectivity index (χ0) is 22.6. The number of benzene rings is 2. The van der Waals surface area contributed by atoms with Gasteiger partial charge >= 0.3 is 6.18 Å². The molecule has 0 aliphatic carbocycles. The van der Waals surface area contributed by atoms with Crippen LogP contribution in [0.3, 0.4) is 0 Å². The second-order valence-corrected chi connectivity index (χ2v) is 7.80. The van der Waals surface area contributed by atoms with E-state index in [4.69, 9.17) is 4.74 Å². The summed E-state index contributed by atoms with van der Waals surface area (Å²) in [6, 6.07) is 12.5. The number of ether oxygens (including phenoxy) is 1. The predicted molar refractivity (Wildman–Crippen MR) is 114 cm³/mol. The molecule has 0 radical (unpaired) electrons. The van der Waals surface area contributed by atoms with Gasteiger partial charge in [0.05, 0.1) is 29.8 Å². The minimum absolute atomic E-state index is 0.0425. The molecule has 5 nitrogen and oxygen atoms in total. The first-order chi connectivity index (χ1) is 14.7. The Morgan fingerprint density at radius 1 is 1.03 bits per heavy atom. The molecule has 162 valence electrons. The fourth-order valence-corrected chi connectivity index (χ4v) is 3.37. The summed E-state index contributed by atoms with van der Waals surface area (Å²) in [7, 11) is 1.32. The molecule has 3 aromatic rings. The lowest BCUT2D eigenvalue weighted by molar-refractivity contribution is -0.137. The van der Waals surface area contributed by atoms with Gasteiger partial charge in [0.25, 0.3) is 0 Å². The van der Waals surface area contributed by atoms with Crippen LogP contribution >= 0.6 is 11.8 Å². The second kappa shape index (κ2) is 9.38. The monoisotopic (exact) mass is 447 g/mol. The lowest BCUT2D eigenvalue weighted by Gasteiger charge is -2.13. The quantitative estimate of drug-likeness (QED) is 0.504. The highest BCUT2D eigenvalue weighted by atomic mass is 32.2. The van der Waals surface area contributed by atoms with Crippen molar-refractivity contribution in [2.75, 3.05) is 18.2 Å². The highest BCUT2D eigenvalue weighted by molar-refractivity contribution is 7.99. The number of halogens is 3. The fraction of sp³-hybridized carbons (Fsp3) is 0.227. The summed E-state index contributed by atoms with van der Waals surface area (Å²) >= 11 is 1.13. The molecule has 0 atom stereocenters. The number of hydrogen-bond donors (Lipinski definition) is 1. The van der Waals surface area contributed by atoms with E-state index in [1.165, 1.54) is 18.7 Å². The van der Waals surface area contributed by atoms with Crippen LogP contribution in [0.25, 0.3) is 11.3 Å². The summed E-state index contributed by atoms with van der Waals surface area (Å²) in [6.07, 6.45) is -4.52. The molecular formula is C22H20F3N3O2S. The number of anilines is 1. The third-order valence-electron chi connectivity index (χ3n) is 4.59. The first-order valence-corrected chi connectivity index (χ1v) is 10.2. The zero-order valence-corrected chi connectivity index (χ0v) is 17.9. The van der Waals surface area contributed by atoms with Crippen LogP contribution < -0.4 is 10.1 Å². The molecule has 1 N–H and O–H groups in total. The van der Waals surface area contributed by atoms with Crippen LogP contribution in [0, 0.1) is 13.8 Å². The van der Waals surface area contributed by atoms with E-state index in [-0.39, 0.29) is 17.2 Å². The van der Waals surface area contributed by atoms with Gasteiger partial charge in [-0.25, -0.2) is 0 Å². The van der Waals surface area contributed by atoms with Crippen LogP contribution in [0.1, 0.15) is 16.7 Å². The average Bonchev–Trinajstić information content (AvgIpc) is 2.74. The van der Waals surface area contributed by atoms with Gasteiger partial charge in [-0.1, -0.05) is 23.9 Å². The molecule has 0 spiro atoms. The van der Waals surface area contributed by atoms with Crippen LogP contribution in [0.4, 0.5) is 18.9 Å². The molecule has 9 heteroatoms. The molecule has 2 aromatic carbocycles. The molecule has 0 unspecified atom stereocenters. The number of thioether (sulfide) groups is 1. The normalized spacial score (nSPS) is 11.3. The smallest absolute Gasteiger partial charge is 0.416 e. The standard InChI is InChI=1S/C22H20F3N3O2S/c1-13-4-5-15(10-14(13)2)17-7-9-21(28-27-17)31-12-20(29)26-18-11-16(22(23,24)25)6-8-19(18)30-3/h4-11H,12H2,1-3H3,(H,26,29). The van der Waals surface area contributed by atoms with Gasteiger partial charge < -0.3 is 10.1 Å². The molecule has 1 amide bonds. The van der Waals surface area contributed by atoms with E-state index in [0.29, 0.717) is 10.7 Å². The third-order valence-corrected chi connectivity index (χ3v) is 5.51. The molecule has 31 heavy (non-hydrogen) atoms. The van der Waals surface area contributed by atoms with Gasteiger partial charge in [-0.3, -0.25) is 4.79 Å². The Bertz CT molecular complexity index is 1090. The molecule has 0 saturated carbocycles. The van der Waals surface area contributed by atoms with Crippen molar-refractivity contribution in [2.45, 2.75) is 25.0 Å². The number of amides is 1. The Balaban J connectivity index is 1.64. The van der Waals surface area contributed by atoms with Crippen molar-refractivity contribution >= 4 is 23.4 Å². The Kier molecular flexibility index (Phi) is 6.84.